The molecule has 20 heavy (non-hydrogen) atoms. The molecule has 1 heterocycles. The van der Waals surface area contributed by atoms with Gasteiger partial charge in [0, 0.05) is 31.7 Å². The van der Waals surface area contributed by atoms with Gasteiger partial charge in [0.2, 0.25) is 5.91 Å². The van der Waals surface area contributed by atoms with Crippen molar-refractivity contribution in [3.8, 4) is 0 Å². The van der Waals surface area contributed by atoms with Crippen LogP contribution in [0.15, 0.2) is 30.3 Å². The van der Waals surface area contributed by atoms with Crippen LogP contribution in [0.25, 0.3) is 0 Å². The van der Waals surface area contributed by atoms with E-state index in [1.54, 1.807) is 0 Å². The third-order valence-electron chi connectivity index (χ3n) is 3.97. The molecule has 1 N–H and O–H groups in total. The zero-order valence-corrected chi connectivity index (χ0v) is 12.7. The van der Waals surface area contributed by atoms with Gasteiger partial charge in [-0.05, 0) is 26.5 Å². The Kier molecular flexibility index (Phi) is 4.78. The van der Waals surface area contributed by atoms with Crippen LogP contribution in [0.3, 0.4) is 0 Å². The van der Waals surface area contributed by atoms with Gasteiger partial charge in [-0.25, -0.2) is 0 Å². The van der Waals surface area contributed by atoms with Gasteiger partial charge in [-0.15, -0.1) is 0 Å². The molecular formula is C16H25N3O. The molecule has 110 valence electrons. The highest BCUT2D eigenvalue weighted by atomic mass is 16.2. The molecule has 0 bridgehead atoms. The SMILES string of the molecule is CNCC(=O)N1CCN(Cc2ccccc2)C(C)(C)C1. The Balaban J connectivity index is 1.99. The highest BCUT2D eigenvalue weighted by Gasteiger charge is 2.35. The molecule has 2 rings (SSSR count). The van der Waals surface area contributed by atoms with Gasteiger partial charge in [-0.1, -0.05) is 30.3 Å². The van der Waals surface area contributed by atoms with Crippen LogP contribution in [0.5, 0.6) is 0 Å². The molecule has 0 aliphatic carbocycles. The summed E-state index contributed by atoms with van der Waals surface area (Å²) in [5, 5.41) is 2.94. The number of carbonyl (C=O) groups excluding carboxylic acids is 1. The molecule has 1 aromatic rings. The Morgan fingerprint density at radius 2 is 1.95 bits per heavy atom. The second kappa shape index (κ2) is 6.37. The normalized spacial score (nSPS) is 19.1. The number of nitrogens with zero attached hydrogens (tertiary/aromatic N) is 2. The van der Waals surface area contributed by atoms with Crippen molar-refractivity contribution in [3.05, 3.63) is 35.9 Å². The highest BCUT2D eigenvalue weighted by Crippen LogP contribution is 2.23. The second-order valence-electron chi connectivity index (χ2n) is 6.07. The summed E-state index contributed by atoms with van der Waals surface area (Å²) < 4.78 is 0. The lowest BCUT2D eigenvalue weighted by Gasteiger charge is -2.47. The van der Waals surface area contributed by atoms with Crippen molar-refractivity contribution in [2.24, 2.45) is 0 Å². The van der Waals surface area contributed by atoms with E-state index in [-0.39, 0.29) is 11.4 Å². The fraction of sp³-hybridized carbons (Fsp3) is 0.562. The van der Waals surface area contributed by atoms with E-state index in [1.165, 1.54) is 5.56 Å². The van der Waals surface area contributed by atoms with Crippen molar-refractivity contribution in [1.29, 1.82) is 0 Å². The molecule has 0 saturated carbocycles. The van der Waals surface area contributed by atoms with Crippen LogP contribution in [0.1, 0.15) is 19.4 Å². The van der Waals surface area contributed by atoms with Crippen LogP contribution in [0.2, 0.25) is 0 Å². The van der Waals surface area contributed by atoms with Crippen LogP contribution in [0, 0.1) is 0 Å². The number of hydrogen-bond donors (Lipinski definition) is 1. The summed E-state index contributed by atoms with van der Waals surface area (Å²) in [5.74, 6) is 0.194. The van der Waals surface area contributed by atoms with E-state index in [9.17, 15) is 4.79 Å². The molecule has 0 atom stereocenters. The fourth-order valence-corrected chi connectivity index (χ4v) is 2.76. The molecule has 4 nitrogen and oxygen atoms in total. The molecule has 1 amide bonds. The van der Waals surface area contributed by atoms with Gasteiger partial charge >= 0.3 is 0 Å². The Hall–Kier alpha value is -1.39. The topological polar surface area (TPSA) is 35.6 Å². The first-order valence-corrected chi connectivity index (χ1v) is 7.24. The molecule has 0 spiro atoms. The number of amides is 1. The number of likely N-dealkylation sites (N-methyl/N-ethyl adjacent to an activating group) is 1. The Morgan fingerprint density at radius 1 is 1.25 bits per heavy atom. The predicted molar refractivity (Wildman–Crippen MR) is 81.4 cm³/mol. The predicted octanol–water partition coefficient (Wildman–Crippen LogP) is 1.33. The third kappa shape index (κ3) is 3.58. The fourth-order valence-electron chi connectivity index (χ4n) is 2.76. The first-order valence-electron chi connectivity index (χ1n) is 7.24. The second-order valence-corrected chi connectivity index (χ2v) is 6.07. The monoisotopic (exact) mass is 275 g/mol. The summed E-state index contributed by atoms with van der Waals surface area (Å²) in [7, 11) is 1.81. The molecule has 1 aromatic carbocycles. The quantitative estimate of drug-likeness (QED) is 0.900. The zero-order chi connectivity index (χ0) is 14.6. The van der Waals surface area contributed by atoms with Gasteiger partial charge in [-0.3, -0.25) is 9.69 Å². The van der Waals surface area contributed by atoms with Crippen molar-refractivity contribution in [2.75, 3.05) is 33.2 Å². The minimum absolute atomic E-state index is 0.0114. The van der Waals surface area contributed by atoms with Crippen molar-refractivity contribution in [1.82, 2.24) is 15.1 Å². The van der Waals surface area contributed by atoms with Crippen LogP contribution in [-0.4, -0.2) is 54.5 Å². The van der Waals surface area contributed by atoms with Crippen molar-refractivity contribution < 1.29 is 4.79 Å². The van der Waals surface area contributed by atoms with Gasteiger partial charge in [0.25, 0.3) is 0 Å². The zero-order valence-electron chi connectivity index (χ0n) is 12.7. The molecule has 1 fully saturated rings. The smallest absolute Gasteiger partial charge is 0.236 e. The molecule has 1 aliphatic rings. The van der Waals surface area contributed by atoms with E-state index in [0.29, 0.717) is 6.54 Å². The minimum Gasteiger partial charge on any atom is -0.338 e. The largest absolute Gasteiger partial charge is 0.338 e. The van der Waals surface area contributed by atoms with Gasteiger partial charge in [0.15, 0.2) is 0 Å². The van der Waals surface area contributed by atoms with E-state index in [1.807, 2.05) is 18.0 Å². The summed E-state index contributed by atoms with van der Waals surface area (Å²) in [6.45, 7) is 8.34. The summed E-state index contributed by atoms with van der Waals surface area (Å²) in [5.41, 5.74) is 1.34. The van der Waals surface area contributed by atoms with Gasteiger partial charge in [0.05, 0.1) is 6.54 Å². The number of rotatable bonds is 4. The van der Waals surface area contributed by atoms with E-state index >= 15 is 0 Å². The maximum Gasteiger partial charge on any atom is 0.236 e. The molecule has 0 unspecified atom stereocenters. The number of nitrogens with one attached hydrogen (secondary N) is 1. The van der Waals surface area contributed by atoms with E-state index < -0.39 is 0 Å². The Morgan fingerprint density at radius 3 is 2.55 bits per heavy atom. The Labute approximate surface area is 121 Å². The number of carbonyl (C=O) groups is 1. The maximum atomic E-state index is 12.0. The van der Waals surface area contributed by atoms with Crippen LogP contribution >= 0.6 is 0 Å². The Bertz CT molecular complexity index is 444. The number of hydrogen-bond acceptors (Lipinski definition) is 3. The maximum absolute atomic E-state index is 12.0. The van der Waals surface area contributed by atoms with Crippen molar-refractivity contribution >= 4 is 5.91 Å². The average Bonchev–Trinajstić information content (AvgIpc) is 2.42. The minimum atomic E-state index is 0.0114. The lowest BCUT2D eigenvalue weighted by molar-refractivity contribution is -0.135. The highest BCUT2D eigenvalue weighted by molar-refractivity contribution is 5.78. The first kappa shape index (κ1) is 15.0. The van der Waals surface area contributed by atoms with Crippen LogP contribution in [-0.2, 0) is 11.3 Å². The molecule has 1 aliphatic heterocycles. The van der Waals surface area contributed by atoms with Crippen molar-refractivity contribution in [2.45, 2.75) is 25.9 Å². The summed E-state index contributed by atoms with van der Waals surface area (Å²) in [6, 6.07) is 10.5. The van der Waals surface area contributed by atoms with Gasteiger partial charge in [0.1, 0.15) is 0 Å². The number of benzene rings is 1. The lowest BCUT2D eigenvalue weighted by atomic mass is 9.97. The molecule has 4 heteroatoms. The van der Waals surface area contributed by atoms with Gasteiger partial charge in [-0.2, -0.15) is 0 Å². The van der Waals surface area contributed by atoms with Crippen molar-refractivity contribution in [3.63, 3.8) is 0 Å². The third-order valence-corrected chi connectivity index (χ3v) is 3.97. The summed E-state index contributed by atoms with van der Waals surface area (Å²) in [4.78, 5) is 16.4. The lowest BCUT2D eigenvalue weighted by Crippen LogP contribution is -2.60. The summed E-state index contributed by atoms with van der Waals surface area (Å²) >= 11 is 0. The van der Waals surface area contributed by atoms with Crippen LogP contribution < -0.4 is 5.32 Å². The average molecular weight is 275 g/mol. The number of piperazine rings is 1. The van der Waals surface area contributed by atoms with Crippen LogP contribution in [0.4, 0.5) is 0 Å². The summed E-state index contributed by atoms with van der Waals surface area (Å²) in [6.07, 6.45) is 0. The van der Waals surface area contributed by atoms with E-state index in [2.05, 4.69) is 48.3 Å². The molecular weight excluding hydrogens is 250 g/mol. The molecule has 0 radical (unpaired) electrons. The molecule has 1 saturated heterocycles. The molecule has 0 aromatic heterocycles. The van der Waals surface area contributed by atoms with Gasteiger partial charge < -0.3 is 10.2 Å². The van der Waals surface area contributed by atoms with E-state index in [4.69, 9.17) is 0 Å². The van der Waals surface area contributed by atoms with E-state index in [0.717, 1.165) is 26.2 Å². The first-order chi connectivity index (χ1) is 9.53. The standard InChI is InChI=1S/C16H25N3O/c1-16(2)13-18(15(20)11-17-3)9-10-19(16)12-14-7-5-4-6-8-14/h4-8,17H,9-13H2,1-3H3.